The highest BCUT2D eigenvalue weighted by atomic mass is 15.3. The van der Waals surface area contributed by atoms with Crippen LogP contribution < -0.4 is 4.90 Å². The van der Waals surface area contributed by atoms with Crippen molar-refractivity contribution < 1.29 is 0 Å². The van der Waals surface area contributed by atoms with Crippen molar-refractivity contribution in [2.24, 2.45) is 0 Å². The van der Waals surface area contributed by atoms with Crippen LogP contribution in [0.1, 0.15) is 29.5 Å². The molecule has 5 nitrogen and oxygen atoms in total. The van der Waals surface area contributed by atoms with E-state index in [1.54, 1.807) is 12.7 Å². The first-order valence-corrected chi connectivity index (χ1v) is 8.82. The molecule has 0 saturated carbocycles. The number of benzene rings is 2. The van der Waals surface area contributed by atoms with Gasteiger partial charge in [-0.3, -0.25) is 0 Å². The van der Waals surface area contributed by atoms with E-state index >= 15 is 0 Å². The van der Waals surface area contributed by atoms with E-state index in [0.717, 1.165) is 12.1 Å². The van der Waals surface area contributed by atoms with Crippen molar-refractivity contribution >= 4 is 16.6 Å². The third-order valence-electron chi connectivity index (χ3n) is 4.94. The van der Waals surface area contributed by atoms with E-state index in [4.69, 9.17) is 0 Å². The van der Waals surface area contributed by atoms with Gasteiger partial charge >= 0.3 is 0 Å². The summed E-state index contributed by atoms with van der Waals surface area (Å²) in [4.78, 5) is 9.63. The van der Waals surface area contributed by atoms with Crippen LogP contribution in [0, 0.1) is 0 Å². The summed E-state index contributed by atoms with van der Waals surface area (Å²) in [5.74, 6) is 0.295. The number of rotatable bonds is 5. The summed E-state index contributed by atoms with van der Waals surface area (Å²) in [6, 6.07) is 15.2. The molecule has 5 heteroatoms. The molecule has 132 valence electrons. The van der Waals surface area contributed by atoms with Crippen LogP contribution in [-0.4, -0.2) is 33.8 Å². The minimum Gasteiger partial charge on any atom is -0.377 e. The van der Waals surface area contributed by atoms with Gasteiger partial charge in [-0.15, -0.1) is 0 Å². The maximum Gasteiger partial charge on any atom is 0.137 e. The van der Waals surface area contributed by atoms with E-state index in [2.05, 4.69) is 89.6 Å². The lowest BCUT2D eigenvalue weighted by Crippen LogP contribution is -2.12. The SMILES string of the molecule is CC(c1ccccc1N(C)C)c1c[nH]c2ccc(Cn3cncn3)cc12. The summed E-state index contributed by atoms with van der Waals surface area (Å²) in [6.45, 7) is 3.00. The molecule has 0 radical (unpaired) electrons. The number of para-hydroxylation sites is 1. The summed E-state index contributed by atoms with van der Waals surface area (Å²) in [5.41, 5.74) is 6.29. The Hall–Kier alpha value is -3.08. The van der Waals surface area contributed by atoms with Crippen molar-refractivity contribution in [3.8, 4) is 0 Å². The molecule has 0 bridgehead atoms. The average molecular weight is 345 g/mol. The van der Waals surface area contributed by atoms with Gasteiger partial charge in [-0.2, -0.15) is 5.10 Å². The third kappa shape index (κ3) is 2.96. The summed E-state index contributed by atoms with van der Waals surface area (Å²) < 4.78 is 1.85. The van der Waals surface area contributed by atoms with E-state index in [9.17, 15) is 0 Å². The van der Waals surface area contributed by atoms with E-state index in [1.807, 2.05) is 4.68 Å². The van der Waals surface area contributed by atoms with Crippen molar-refractivity contribution in [1.82, 2.24) is 19.7 Å². The normalized spacial score (nSPS) is 12.4. The first-order chi connectivity index (χ1) is 12.6. The highest BCUT2D eigenvalue weighted by molar-refractivity contribution is 5.85. The van der Waals surface area contributed by atoms with Crippen LogP contribution in [0.2, 0.25) is 0 Å². The quantitative estimate of drug-likeness (QED) is 0.594. The molecule has 0 saturated heterocycles. The van der Waals surface area contributed by atoms with E-state index < -0.39 is 0 Å². The molecular formula is C21H23N5. The Labute approximate surface area is 153 Å². The highest BCUT2D eigenvalue weighted by Crippen LogP contribution is 2.35. The fraction of sp³-hybridized carbons (Fsp3) is 0.238. The van der Waals surface area contributed by atoms with Crippen LogP contribution >= 0.6 is 0 Å². The smallest absolute Gasteiger partial charge is 0.137 e. The molecule has 1 N–H and O–H groups in total. The average Bonchev–Trinajstić information content (AvgIpc) is 3.30. The van der Waals surface area contributed by atoms with Crippen LogP contribution in [0.15, 0.2) is 61.3 Å². The number of anilines is 1. The molecule has 0 aliphatic carbocycles. The van der Waals surface area contributed by atoms with Gasteiger partial charge in [0.2, 0.25) is 0 Å². The van der Waals surface area contributed by atoms with Gasteiger partial charge < -0.3 is 9.88 Å². The molecule has 2 aromatic heterocycles. The summed E-state index contributed by atoms with van der Waals surface area (Å²) in [6.07, 6.45) is 5.46. The second kappa shape index (κ2) is 6.67. The molecule has 0 aliphatic rings. The Morgan fingerprint density at radius 3 is 2.73 bits per heavy atom. The topological polar surface area (TPSA) is 49.7 Å². The number of nitrogens with one attached hydrogen (secondary N) is 1. The maximum absolute atomic E-state index is 4.21. The van der Waals surface area contributed by atoms with Crippen LogP contribution in [0.4, 0.5) is 5.69 Å². The van der Waals surface area contributed by atoms with Gasteiger partial charge in [0.25, 0.3) is 0 Å². The molecule has 2 heterocycles. The van der Waals surface area contributed by atoms with Crippen molar-refractivity contribution in [3.05, 3.63) is 78.0 Å². The fourth-order valence-corrected chi connectivity index (χ4v) is 3.58. The molecule has 1 unspecified atom stereocenters. The number of hydrogen-bond donors (Lipinski definition) is 1. The first-order valence-electron chi connectivity index (χ1n) is 8.82. The predicted octanol–water partition coefficient (Wildman–Crippen LogP) is 4.03. The van der Waals surface area contributed by atoms with Crippen LogP contribution in [0.3, 0.4) is 0 Å². The van der Waals surface area contributed by atoms with Gasteiger partial charge in [-0.25, -0.2) is 9.67 Å². The van der Waals surface area contributed by atoms with Crippen LogP contribution in [0.5, 0.6) is 0 Å². The number of aromatic nitrogens is 4. The first kappa shape index (κ1) is 16.4. The van der Waals surface area contributed by atoms with Crippen LogP contribution in [-0.2, 0) is 6.54 Å². The summed E-state index contributed by atoms with van der Waals surface area (Å²) in [5, 5.41) is 5.47. The van der Waals surface area contributed by atoms with E-state index in [-0.39, 0.29) is 0 Å². The lowest BCUT2D eigenvalue weighted by atomic mass is 9.91. The van der Waals surface area contributed by atoms with Gasteiger partial charge in [0.1, 0.15) is 12.7 Å². The molecule has 26 heavy (non-hydrogen) atoms. The van der Waals surface area contributed by atoms with Crippen molar-refractivity contribution in [2.75, 3.05) is 19.0 Å². The standard InChI is InChI=1S/C21H23N5/c1-15(17-6-4-5-7-21(17)25(2)3)19-11-23-20-9-8-16(10-18(19)20)12-26-14-22-13-24-26/h4-11,13-15,23H,12H2,1-3H3. The van der Waals surface area contributed by atoms with Crippen LogP contribution in [0.25, 0.3) is 10.9 Å². The number of hydrogen-bond acceptors (Lipinski definition) is 3. The van der Waals surface area contributed by atoms with Gasteiger partial charge in [-0.1, -0.05) is 31.2 Å². The minimum absolute atomic E-state index is 0.295. The Morgan fingerprint density at radius 2 is 1.96 bits per heavy atom. The number of fused-ring (bicyclic) bond motifs is 1. The Kier molecular flexibility index (Phi) is 4.21. The number of H-pyrrole nitrogens is 1. The lowest BCUT2D eigenvalue weighted by Gasteiger charge is -2.21. The Morgan fingerprint density at radius 1 is 1.12 bits per heavy atom. The monoisotopic (exact) mass is 345 g/mol. The largest absolute Gasteiger partial charge is 0.377 e. The lowest BCUT2D eigenvalue weighted by molar-refractivity contribution is 0.685. The molecule has 2 aromatic carbocycles. The van der Waals surface area contributed by atoms with E-state index in [0.29, 0.717) is 5.92 Å². The molecule has 0 fully saturated rings. The van der Waals surface area contributed by atoms with E-state index in [1.165, 1.54) is 27.8 Å². The second-order valence-electron chi connectivity index (χ2n) is 6.89. The van der Waals surface area contributed by atoms with Gasteiger partial charge in [0.05, 0.1) is 6.54 Å². The third-order valence-corrected chi connectivity index (χ3v) is 4.94. The summed E-state index contributed by atoms with van der Waals surface area (Å²) in [7, 11) is 4.19. The molecule has 4 aromatic rings. The Bertz CT molecular complexity index is 1010. The molecule has 0 spiro atoms. The maximum atomic E-state index is 4.21. The zero-order valence-corrected chi connectivity index (χ0v) is 15.3. The molecular weight excluding hydrogens is 322 g/mol. The van der Waals surface area contributed by atoms with Crippen molar-refractivity contribution in [1.29, 1.82) is 0 Å². The van der Waals surface area contributed by atoms with Gasteiger partial charge in [-0.05, 0) is 34.9 Å². The predicted molar refractivity (Wildman–Crippen MR) is 106 cm³/mol. The highest BCUT2D eigenvalue weighted by Gasteiger charge is 2.17. The van der Waals surface area contributed by atoms with Crippen molar-refractivity contribution in [3.63, 3.8) is 0 Å². The zero-order valence-electron chi connectivity index (χ0n) is 15.3. The van der Waals surface area contributed by atoms with Gasteiger partial charge in [0.15, 0.2) is 0 Å². The molecule has 0 amide bonds. The minimum atomic E-state index is 0.295. The van der Waals surface area contributed by atoms with Gasteiger partial charge in [0, 0.05) is 42.8 Å². The number of nitrogens with zero attached hydrogens (tertiary/aromatic N) is 4. The second-order valence-corrected chi connectivity index (χ2v) is 6.89. The molecule has 4 rings (SSSR count). The fourth-order valence-electron chi connectivity index (χ4n) is 3.58. The zero-order chi connectivity index (χ0) is 18.1. The molecule has 0 aliphatic heterocycles. The van der Waals surface area contributed by atoms with Crippen molar-refractivity contribution in [2.45, 2.75) is 19.4 Å². The summed E-state index contributed by atoms with van der Waals surface area (Å²) >= 11 is 0. The Balaban J connectivity index is 1.74. The number of aromatic amines is 1. The molecule has 1 atom stereocenters.